The summed E-state index contributed by atoms with van der Waals surface area (Å²) in [6, 6.07) is 0.483. The molecule has 0 radical (unpaired) electrons. The minimum atomic E-state index is -0.680. The molecule has 12 heavy (non-hydrogen) atoms. The molecule has 1 rings (SSSR count). The third-order valence-corrected chi connectivity index (χ3v) is 1.74. The molecule has 0 saturated heterocycles. The van der Waals surface area contributed by atoms with Crippen LogP contribution in [0.25, 0.3) is 0 Å². The summed E-state index contributed by atoms with van der Waals surface area (Å²) >= 11 is 5.60. The summed E-state index contributed by atoms with van der Waals surface area (Å²) in [6.07, 6.45) is 0.996. The van der Waals surface area contributed by atoms with Gasteiger partial charge in [0, 0.05) is 5.56 Å². The Kier molecular flexibility index (Phi) is 2.97. The van der Waals surface area contributed by atoms with E-state index >= 15 is 0 Å². The first-order valence-corrected chi connectivity index (χ1v) is 3.70. The Bertz CT molecular complexity index is 282. The maximum absolute atomic E-state index is 12.6. The summed E-state index contributed by atoms with van der Waals surface area (Å²) in [7, 11) is 0. The fourth-order valence-electron chi connectivity index (χ4n) is 0.797. The van der Waals surface area contributed by atoms with E-state index in [-0.39, 0.29) is 11.8 Å². The Morgan fingerprint density at radius 2 is 2.42 bits per heavy atom. The monoisotopic (exact) mass is 190 g/mol. The lowest BCUT2D eigenvalue weighted by Gasteiger charge is -2.08. The first-order valence-electron chi connectivity index (χ1n) is 3.32. The maximum Gasteiger partial charge on any atom is 0.141 e. The number of aliphatic hydroxyl groups is 1. The second kappa shape index (κ2) is 3.80. The van der Waals surface area contributed by atoms with E-state index in [1.54, 1.807) is 0 Å². The minimum Gasteiger partial charge on any atom is -0.394 e. The average molecular weight is 191 g/mol. The minimum absolute atomic E-state index is 0.123. The van der Waals surface area contributed by atoms with E-state index in [2.05, 4.69) is 4.98 Å². The summed E-state index contributed by atoms with van der Waals surface area (Å²) in [6.45, 7) is -0.287. The van der Waals surface area contributed by atoms with Gasteiger partial charge in [0.2, 0.25) is 0 Å². The van der Waals surface area contributed by atoms with Crippen LogP contribution < -0.4 is 5.73 Å². The zero-order valence-corrected chi connectivity index (χ0v) is 6.92. The highest BCUT2D eigenvalue weighted by molar-refractivity contribution is 6.30. The Morgan fingerprint density at radius 3 is 3.00 bits per heavy atom. The molecule has 0 unspecified atom stereocenters. The maximum atomic E-state index is 12.6. The molecule has 0 bridgehead atoms. The number of nitrogens with zero attached hydrogens (tertiary/aromatic N) is 1. The molecule has 0 aliphatic carbocycles. The number of aliphatic hydroxyl groups excluding tert-OH is 1. The molecule has 0 spiro atoms. The van der Waals surface area contributed by atoms with Gasteiger partial charge in [-0.3, -0.25) is 0 Å². The van der Waals surface area contributed by atoms with Crippen LogP contribution in [0.3, 0.4) is 0 Å². The van der Waals surface area contributed by atoms with Gasteiger partial charge in [0.05, 0.1) is 18.8 Å². The molecule has 5 heteroatoms. The molecule has 0 aromatic carbocycles. The number of rotatable bonds is 2. The molecule has 0 aliphatic rings. The van der Waals surface area contributed by atoms with Crippen molar-refractivity contribution in [1.29, 1.82) is 0 Å². The first kappa shape index (κ1) is 9.38. The van der Waals surface area contributed by atoms with Gasteiger partial charge in [-0.05, 0) is 6.07 Å². The predicted molar refractivity (Wildman–Crippen MR) is 43.2 cm³/mol. The van der Waals surface area contributed by atoms with E-state index in [0.717, 1.165) is 12.3 Å². The number of pyridine rings is 1. The van der Waals surface area contributed by atoms with E-state index in [1.165, 1.54) is 0 Å². The van der Waals surface area contributed by atoms with Gasteiger partial charge in [0.25, 0.3) is 0 Å². The number of nitrogens with two attached hydrogens (primary N) is 1. The molecular weight excluding hydrogens is 183 g/mol. The number of hydrogen-bond acceptors (Lipinski definition) is 3. The Morgan fingerprint density at radius 1 is 1.75 bits per heavy atom. The highest BCUT2D eigenvalue weighted by Gasteiger charge is 2.10. The topological polar surface area (TPSA) is 59.1 Å². The zero-order valence-electron chi connectivity index (χ0n) is 6.17. The molecule has 0 aliphatic heterocycles. The fraction of sp³-hybridized carbons (Fsp3) is 0.286. The number of aromatic nitrogens is 1. The van der Waals surface area contributed by atoms with Gasteiger partial charge in [-0.25, -0.2) is 9.37 Å². The highest BCUT2D eigenvalue weighted by Crippen LogP contribution is 2.19. The van der Waals surface area contributed by atoms with Crippen LogP contribution in [0.15, 0.2) is 12.3 Å². The van der Waals surface area contributed by atoms with E-state index in [9.17, 15) is 4.39 Å². The summed E-state index contributed by atoms with van der Waals surface area (Å²) in [5, 5.41) is 8.79. The average Bonchev–Trinajstić information content (AvgIpc) is 2.08. The number of halogens is 2. The quantitative estimate of drug-likeness (QED) is 0.681. The van der Waals surface area contributed by atoms with Gasteiger partial charge in [-0.1, -0.05) is 11.6 Å². The molecule has 3 nitrogen and oxygen atoms in total. The van der Waals surface area contributed by atoms with E-state index in [1.807, 2.05) is 0 Å². The second-order valence-corrected chi connectivity index (χ2v) is 2.68. The van der Waals surface area contributed by atoms with Crippen molar-refractivity contribution in [2.75, 3.05) is 6.61 Å². The van der Waals surface area contributed by atoms with Gasteiger partial charge in [-0.15, -0.1) is 0 Å². The molecule has 1 aromatic rings. The summed E-state index contributed by atoms with van der Waals surface area (Å²) in [4.78, 5) is 3.55. The molecular formula is C7H8ClFN2O. The Balaban J connectivity index is 3.04. The van der Waals surface area contributed by atoms with Gasteiger partial charge in [-0.2, -0.15) is 0 Å². The fourth-order valence-corrected chi connectivity index (χ4v) is 1.04. The highest BCUT2D eigenvalue weighted by atomic mass is 35.5. The SMILES string of the molecule is N[C@H](CO)c1cc(F)cnc1Cl. The lowest BCUT2D eigenvalue weighted by molar-refractivity contribution is 0.267. The second-order valence-electron chi connectivity index (χ2n) is 2.32. The summed E-state index contributed by atoms with van der Waals surface area (Å²) in [5.74, 6) is -0.515. The van der Waals surface area contributed by atoms with E-state index < -0.39 is 11.9 Å². The summed E-state index contributed by atoms with van der Waals surface area (Å²) in [5.41, 5.74) is 5.74. The molecule has 66 valence electrons. The van der Waals surface area contributed by atoms with Crippen molar-refractivity contribution >= 4 is 11.6 Å². The molecule has 3 N–H and O–H groups in total. The normalized spacial score (nSPS) is 13.0. The van der Waals surface area contributed by atoms with Crippen LogP contribution in [-0.4, -0.2) is 16.7 Å². The predicted octanol–water partition coefficient (Wildman–Crippen LogP) is 0.866. The lowest BCUT2D eigenvalue weighted by atomic mass is 10.1. The smallest absolute Gasteiger partial charge is 0.141 e. The van der Waals surface area contributed by atoms with Crippen molar-refractivity contribution in [2.45, 2.75) is 6.04 Å². The van der Waals surface area contributed by atoms with E-state index in [4.69, 9.17) is 22.4 Å². The van der Waals surface area contributed by atoms with Crippen molar-refractivity contribution in [3.05, 3.63) is 28.8 Å². The van der Waals surface area contributed by atoms with Gasteiger partial charge in [0.15, 0.2) is 0 Å². The van der Waals surface area contributed by atoms with Gasteiger partial charge in [0.1, 0.15) is 11.0 Å². The third-order valence-electron chi connectivity index (χ3n) is 1.43. The molecule has 0 saturated carbocycles. The summed E-state index contributed by atoms with van der Waals surface area (Å²) < 4.78 is 12.6. The van der Waals surface area contributed by atoms with Crippen LogP contribution in [0.5, 0.6) is 0 Å². The van der Waals surface area contributed by atoms with Crippen LogP contribution in [0.4, 0.5) is 4.39 Å². The van der Waals surface area contributed by atoms with E-state index in [0.29, 0.717) is 5.56 Å². The molecule has 0 fully saturated rings. The van der Waals surface area contributed by atoms with Crippen LogP contribution in [0, 0.1) is 5.82 Å². The Labute approximate surface area is 74.0 Å². The zero-order chi connectivity index (χ0) is 9.14. The van der Waals surface area contributed by atoms with Crippen LogP contribution in [0.1, 0.15) is 11.6 Å². The van der Waals surface area contributed by atoms with Crippen LogP contribution in [-0.2, 0) is 0 Å². The van der Waals surface area contributed by atoms with Crippen molar-refractivity contribution in [3.63, 3.8) is 0 Å². The van der Waals surface area contributed by atoms with Gasteiger partial charge >= 0.3 is 0 Å². The first-order chi connectivity index (χ1) is 5.65. The molecule has 1 atom stereocenters. The van der Waals surface area contributed by atoms with Crippen LogP contribution in [0.2, 0.25) is 5.15 Å². The van der Waals surface area contributed by atoms with Crippen LogP contribution >= 0.6 is 11.6 Å². The standard InChI is InChI=1S/C7H8ClFN2O/c8-7-5(6(10)3-12)1-4(9)2-11-7/h1-2,6,12H,3,10H2/t6-/m1/s1. The van der Waals surface area contributed by atoms with Crippen molar-refractivity contribution < 1.29 is 9.50 Å². The van der Waals surface area contributed by atoms with Crippen molar-refractivity contribution in [2.24, 2.45) is 5.73 Å². The lowest BCUT2D eigenvalue weighted by Crippen LogP contribution is -2.15. The molecule has 1 heterocycles. The molecule has 1 aromatic heterocycles. The van der Waals surface area contributed by atoms with Crippen molar-refractivity contribution in [3.8, 4) is 0 Å². The Hall–Kier alpha value is -0.710. The van der Waals surface area contributed by atoms with Gasteiger partial charge < -0.3 is 10.8 Å². The largest absolute Gasteiger partial charge is 0.394 e. The number of hydrogen-bond donors (Lipinski definition) is 2. The van der Waals surface area contributed by atoms with Crippen molar-refractivity contribution in [1.82, 2.24) is 4.98 Å². The third kappa shape index (κ3) is 1.91. The molecule has 0 amide bonds.